The Kier molecular flexibility index (Phi) is 6.30. The summed E-state index contributed by atoms with van der Waals surface area (Å²) in [4.78, 5) is 13.9. The molecule has 1 aliphatic heterocycles. The minimum atomic E-state index is -0.162. The molecule has 1 atom stereocenters. The fourth-order valence-corrected chi connectivity index (χ4v) is 2.56. The molecule has 0 N–H and O–H groups in total. The van der Waals surface area contributed by atoms with E-state index in [-0.39, 0.29) is 12.0 Å². The second-order valence-corrected chi connectivity index (χ2v) is 5.63. The number of hydrogen-bond acceptors (Lipinski definition) is 3. The highest BCUT2D eigenvalue weighted by molar-refractivity contribution is 6.42. The van der Waals surface area contributed by atoms with Crippen molar-refractivity contribution in [2.45, 2.75) is 19.4 Å². The average molecular weight is 332 g/mol. The molecule has 4 nitrogen and oxygen atoms in total. The Morgan fingerprint density at radius 2 is 2.24 bits per heavy atom. The molecule has 1 heterocycles. The Morgan fingerprint density at radius 1 is 1.43 bits per heavy atom. The van der Waals surface area contributed by atoms with Crippen molar-refractivity contribution in [2.75, 3.05) is 32.9 Å². The van der Waals surface area contributed by atoms with Gasteiger partial charge in [0, 0.05) is 13.2 Å². The lowest BCUT2D eigenvalue weighted by Crippen LogP contribution is -2.42. The van der Waals surface area contributed by atoms with Crippen molar-refractivity contribution in [1.29, 1.82) is 0 Å². The number of carbonyl (C=O) groups is 1. The number of hydrogen-bond donors (Lipinski definition) is 0. The van der Waals surface area contributed by atoms with Crippen molar-refractivity contribution in [3.05, 3.63) is 33.8 Å². The molecule has 0 unspecified atom stereocenters. The highest BCUT2D eigenvalue weighted by Gasteiger charge is 2.25. The lowest BCUT2D eigenvalue weighted by molar-refractivity contribution is -0.140. The van der Waals surface area contributed by atoms with Crippen molar-refractivity contribution in [3.63, 3.8) is 0 Å². The van der Waals surface area contributed by atoms with Gasteiger partial charge < -0.3 is 14.4 Å². The second kappa shape index (κ2) is 7.99. The first-order valence-electron chi connectivity index (χ1n) is 7.04. The van der Waals surface area contributed by atoms with Crippen LogP contribution in [0.4, 0.5) is 0 Å². The molecule has 0 aromatic heterocycles. The summed E-state index contributed by atoms with van der Waals surface area (Å²) < 4.78 is 11.0. The number of morpholine rings is 1. The molecule has 0 spiro atoms. The highest BCUT2D eigenvalue weighted by Crippen LogP contribution is 2.29. The van der Waals surface area contributed by atoms with Gasteiger partial charge in [0.25, 0.3) is 0 Å². The second-order valence-electron chi connectivity index (χ2n) is 4.82. The van der Waals surface area contributed by atoms with E-state index < -0.39 is 0 Å². The van der Waals surface area contributed by atoms with Crippen molar-refractivity contribution < 1.29 is 14.3 Å². The van der Waals surface area contributed by atoms with E-state index in [9.17, 15) is 4.79 Å². The van der Waals surface area contributed by atoms with Crippen LogP contribution < -0.4 is 0 Å². The maximum absolute atomic E-state index is 12.1. The van der Waals surface area contributed by atoms with E-state index in [1.165, 1.54) is 0 Å². The van der Waals surface area contributed by atoms with E-state index in [1.54, 1.807) is 12.1 Å². The third-order valence-electron chi connectivity index (χ3n) is 3.40. The normalized spacial score (nSPS) is 18.8. The number of ether oxygens (including phenoxy) is 2. The molecule has 116 valence electrons. The summed E-state index contributed by atoms with van der Waals surface area (Å²) in [7, 11) is 0. The van der Waals surface area contributed by atoms with Gasteiger partial charge in [0.1, 0.15) is 6.10 Å². The Morgan fingerprint density at radius 3 is 2.95 bits per heavy atom. The smallest absolute Gasteiger partial charge is 0.225 e. The van der Waals surface area contributed by atoms with Gasteiger partial charge in [-0.3, -0.25) is 4.79 Å². The molecule has 6 heteroatoms. The molecule has 1 aliphatic rings. The Balaban J connectivity index is 1.96. The predicted molar refractivity (Wildman–Crippen MR) is 82.8 cm³/mol. The molecule has 2 rings (SSSR count). The summed E-state index contributed by atoms with van der Waals surface area (Å²) in [5, 5.41) is 1.01. The van der Waals surface area contributed by atoms with Gasteiger partial charge in [0.2, 0.25) is 5.91 Å². The molecule has 0 bridgehead atoms. The van der Waals surface area contributed by atoms with Gasteiger partial charge in [0.05, 0.1) is 36.2 Å². The van der Waals surface area contributed by atoms with Gasteiger partial charge in [-0.05, 0) is 24.6 Å². The van der Waals surface area contributed by atoms with Gasteiger partial charge in [-0.15, -0.1) is 0 Å². The summed E-state index contributed by atoms with van der Waals surface area (Å²) in [6.45, 7) is 4.67. The van der Waals surface area contributed by atoms with Crippen LogP contribution in [0, 0.1) is 0 Å². The zero-order valence-corrected chi connectivity index (χ0v) is 13.5. The number of benzene rings is 1. The highest BCUT2D eigenvalue weighted by atomic mass is 35.5. The maximum atomic E-state index is 12.1. The molecule has 1 aromatic rings. The molecule has 1 saturated heterocycles. The van der Waals surface area contributed by atoms with Crippen LogP contribution in [0.5, 0.6) is 0 Å². The summed E-state index contributed by atoms with van der Waals surface area (Å²) in [6.07, 6.45) is 0.242. The number of rotatable bonds is 5. The van der Waals surface area contributed by atoms with Crippen LogP contribution in [0.3, 0.4) is 0 Å². The zero-order chi connectivity index (χ0) is 15.2. The van der Waals surface area contributed by atoms with Gasteiger partial charge in [-0.25, -0.2) is 0 Å². The fraction of sp³-hybridized carbons (Fsp3) is 0.533. The van der Waals surface area contributed by atoms with Crippen molar-refractivity contribution in [2.24, 2.45) is 0 Å². The third kappa shape index (κ3) is 4.58. The van der Waals surface area contributed by atoms with E-state index in [2.05, 4.69) is 0 Å². The molecule has 0 radical (unpaired) electrons. The number of nitrogens with zero attached hydrogens (tertiary/aromatic N) is 1. The van der Waals surface area contributed by atoms with Crippen molar-refractivity contribution in [3.8, 4) is 0 Å². The van der Waals surface area contributed by atoms with E-state index in [1.807, 2.05) is 17.9 Å². The van der Waals surface area contributed by atoms with E-state index in [0.717, 1.165) is 5.56 Å². The first kappa shape index (κ1) is 16.6. The molecule has 1 aromatic carbocycles. The number of carbonyl (C=O) groups excluding carboxylic acids is 1. The SMILES string of the molecule is CCOCCC(=O)N1CCO[C@H](c2ccc(Cl)c(Cl)c2)C1. The van der Waals surface area contributed by atoms with E-state index >= 15 is 0 Å². The molecule has 0 saturated carbocycles. The monoisotopic (exact) mass is 331 g/mol. The Hall–Kier alpha value is -0.810. The molecule has 1 amide bonds. The minimum absolute atomic E-state index is 0.0943. The van der Waals surface area contributed by atoms with Crippen molar-refractivity contribution >= 4 is 29.1 Å². The number of amides is 1. The molecular formula is C15H19Cl2NO3. The lowest BCUT2D eigenvalue weighted by Gasteiger charge is -2.33. The Bertz CT molecular complexity index is 496. The summed E-state index contributed by atoms with van der Waals surface area (Å²) in [6, 6.07) is 5.42. The zero-order valence-electron chi connectivity index (χ0n) is 12.0. The van der Waals surface area contributed by atoms with Crippen LogP contribution in [-0.4, -0.2) is 43.7 Å². The largest absolute Gasteiger partial charge is 0.381 e. The van der Waals surface area contributed by atoms with E-state index in [4.69, 9.17) is 32.7 Å². The maximum Gasteiger partial charge on any atom is 0.225 e. The summed E-state index contributed by atoms with van der Waals surface area (Å²) >= 11 is 12.0. The predicted octanol–water partition coefficient (Wildman–Crippen LogP) is 3.32. The molecule has 1 fully saturated rings. The average Bonchev–Trinajstić information content (AvgIpc) is 2.50. The summed E-state index contributed by atoms with van der Waals surface area (Å²) in [5.74, 6) is 0.0943. The lowest BCUT2D eigenvalue weighted by atomic mass is 10.1. The van der Waals surface area contributed by atoms with Crippen LogP contribution >= 0.6 is 23.2 Å². The standard InChI is InChI=1S/C15H19Cl2NO3/c1-2-20-7-5-15(19)18-6-8-21-14(10-18)11-3-4-12(16)13(17)9-11/h3-4,9,14H,2,5-8,10H2,1H3/t14-/m0/s1. The van der Waals surface area contributed by atoms with Crippen LogP contribution in [0.2, 0.25) is 10.0 Å². The quantitative estimate of drug-likeness (QED) is 0.777. The fourth-order valence-electron chi connectivity index (χ4n) is 2.25. The van der Waals surface area contributed by atoms with Crippen LogP contribution in [0.25, 0.3) is 0 Å². The topological polar surface area (TPSA) is 38.8 Å². The van der Waals surface area contributed by atoms with E-state index in [0.29, 0.717) is 49.4 Å². The van der Waals surface area contributed by atoms with Gasteiger partial charge in [-0.2, -0.15) is 0 Å². The molecular weight excluding hydrogens is 313 g/mol. The molecule has 0 aliphatic carbocycles. The minimum Gasteiger partial charge on any atom is -0.381 e. The third-order valence-corrected chi connectivity index (χ3v) is 4.14. The van der Waals surface area contributed by atoms with Crippen LogP contribution in [0.15, 0.2) is 18.2 Å². The summed E-state index contributed by atoms with van der Waals surface area (Å²) in [5.41, 5.74) is 0.937. The van der Waals surface area contributed by atoms with Crippen LogP contribution in [0.1, 0.15) is 25.0 Å². The first-order valence-corrected chi connectivity index (χ1v) is 7.79. The van der Waals surface area contributed by atoms with Gasteiger partial charge in [0.15, 0.2) is 0 Å². The number of halogens is 2. The Labute approximate surface area is 134 Å². The van der Waals surface area contributed by atoms with Gasteiger partial charge in [-0.1, -0.05) is 29.3 Å². The van der Waals surface area contributed by atoms with Crippen LogP contribution in [-0.2, 0) is 14.3 Å². The molecule has 21 heavy (non-hydrogen) atoms. The van der Waals surface area contributed by atoms with Gasteiger partial charge >= 0.3 is 0 Å². The van der Waals surface area contributed by atoms with Crippen molar-refractivity contribution in [1.82, 2.24) is 4.90 Å². The first-order chi connectivity index (χ1) is 10.1.